The highest BCUT2D eigenvalue weighted by atomic mass is 15.2. The zero-order chi connectivity index (χ0) is 10.6. The van der Waals surface area contributed by atoms with Gasteiger partial charge in [-0.25, -0.2) is 0 Å². The third kappa shape index (κ3) is 3.58. The third-order valence-corrected chi connectivity index (χ3v) is 3.27. The zero-order valence-corrected chi connectivity index (χ0v) is 10.3. The van der Waals surface area contributed by atoms with Crippen molar-refractivity contribution in [2.75, 3.05) is 26.7 Å². The molecule has 1 rings (SSSR count). The largest absolute Gasteiger partial charge is 0.320 e. The minimum absolute atomic E-state index is 0.359. The predicted octanol–water partition coefficient (Wildman–Crippen LogP) is 2.11. The molecule has 14 heavy (non-hydrogen) atoms. The van der Waals surface area contributed by atoms with Gasteiger partial charge in [-0.3, -0.25) is 4.90 Å². The van der Waals surface area contributed by atoms with Crippen LogP contribution in [0.25, 0.3) is 0 Å². The van der Waals surface area contributed by atoms with Gasteiger partial charge in [-0.05, 0) is 66.1 Å². The summed E-state index contributed by atoms with van der Waals surface area (Å²) in [6, 6.07) is 0. The maximum absolute atomic E-state index is 3.25. The van der Waals surface area contributed by atoms with E-state index < -0.39 is 0 Å². The molecule has 0 amide bonds. The number of hydrogen-bond donors (Lipinski definition) is 1. The van der Waals surface area contributed by atoms with Crippen LogP contribution in [0.15, 0.2) is 0 Å². The number of nitrogens with zero attached hydrogens (tertiary/aromatic N) is 1. The molecule has 0 aromatic rings. The molecule has 0 aliphatic carbocycles. The van der Waals surface area contributed by atoms with Gasteiger partial charge in [0.1, 0.15) is 0 Å². The zero-order valence-electron chi connectivity index (χ0n) is 10.3. The summed E-state index contributed by atoms with van der Waals surface area (Å²) in [6.45, 7) is 10.7. The van der Waals surface area contributed by atoms with Crippen LogP contribution in [-0.2, 0) is 0 Å². The molecule has 1 aliphatic heterocycles. The second-order valence-corrected chi connectivity index (χ2v) is 5.52. The summed E-state index contributed by atoms with van der Waals surface area (Å²) in [4.78, 5) is 2.64. The molecule has 0 radical (unpaired) electrons. The smallest absolute Gasteiger partial charge is 0.0125 e. The maximum atomic E-state index is 3.25. The summed E-state index contributed by atoms with van der Waals surface area (Å²) in [5, 5.41) is 3.25. The first kappa shape index (κ1) is 12.0. The van der Waals surface area contributed by atoms with Crippen molar-refractivity contribution in [3.63, 3.8) is 0 Å². The number of likely N-dealkylation sites (tertiary alicyclic amines) is 1. The molecule has 0 bridgehead atoms. The van der Waals surface area contributed by atoms with E-state index in [-0.39, 0.29) is 0 Å². The lowest BCUT2D eigenvalue weighted by atomic mass is 9.91. The molecule has 1 aliphatic rings. The summed E-state index contributed by atoms with van der Waals surface area (Å²) >= 11 is 0. The lowest BCUT2D eigenvalue weighted by Gasteiger charge is -2.41. The van der Waals surface area contributed by atoms with Gasteiger partial charge in [0.15, 0.2) is 0 Å². The Bertz CT molecular complexity index is 160. The summed E-state index contributed by atoms with van der Waals surface area (Å²) in [5.74, 6) is 0.912. The number of rotatable bonds is 3. The first-order valence-corrected chi connectivity index (χ1v) is 5.93. The highest BCUT2D eigenvalue weighted by molar-refractivity contribution is 4.82. The van der Waals surface area contributed by atoms with Gasteiger partial charge >= 0.3 is 0 Å². The molecule has 1 saturated heterocycles. The molecule has 0 saturated carbocycles. The molecule has 2 heteroatoms. The second-order valence-electron chi connectivity index (χ2n) is 5.52. The Morgan fingerprint density at radius 3 is 2.64 bits per heavy atom. The highest BCUT2D eigenvalue weighted by Crippen LogP contribution is 2.25. The molecule has 0 aromatic carbocycles. The van der Waals surface area contributed by atoms with Gasteiger partial charge in [-0.1, -0.05) is 0 Å². The Morgan fingerprint density at radius 2 is 2.07 bits per heavy atom. The van der Waals surface area contributed by atoms with Crippen LogP contribution >= 0.6 is 0 Å². The minimum Gasteiger partial charge on any atom is -0.320 e. The molecule has 1 N–H and O–H groups in total. The van der Waals surface area contributed by atoms with Crippen LogP contribution in [-0.4, -0.2) is 37.1 Å². The van der Waals surface area contributed by atoms with E-state index in [1.807, 2.05) is 7.05 Å². The van der Waals surface area contributed by atoms with Crippen LogP contribution in [0, 0.1) is 5.92 Å². The van der Waals surface area contributed by atoms with Crippen LogP contribution < -0.4 is 5.32 Å². The topological polar surface area (TPSA) is 15.3 Å². The van der Waals surface area contributed by atoms with E-state index in [4.69, 9.17) is 0 Å². The molecule has 0 spiro atoms. The summed E-state index contributed by atoms with van der Waals surface area (Å²) in [5.41, 5.74) is 0.359. The van der Waals surface area contributed by atoms with Crippen LogP contribution in [0.2, 0.25) is 0 Å². The first-order chi connectivity index (χ1) is 6.54. The Kier molecular flexibility index (Phi) is 4.39. The number of nitrogens with one attached hydrogen (secondary N) is 1. The molecule has 1 atom stereocenters. The first-order valence-electron chi connectivity index (χ1n) is 5.93. The summed E-state index contributed by atoms with van der Waals surface area (Å²) < 4.78 is 0. The fraction of sp³-hybridized carbons (Fsp3) is 1.00. The minimum atomic E-state index is 0.359. The number of hydrogen-bond acceptors (Lipinski definition) is 2. The van der Waals surface area contributed by atoms with Crippen molar-refractivity contribution < 1.29 is 0 Å². The fourth-order valence-corrected chi connectivity index (χ4v) is 2.26. The SMILES string of the molecule is CNCCC1CCCN(C(C)(C)C)C1. The van der Waals surface area contributed by atoms with E-state index >= 15 is 0 Å². The van der Waals surface area contributed by atoms with E-state index in [1.165, 1.54) is 38.9 Å². The fourth-order valence-electron chi connectivity index (χ4n) is 2.26. The molecular weight excluding hydrogens is 172 g/mol. The quantitative estimate of drug-likeness (QED) is 0.747. The predicted molar refractivity (Wildman–Crippen MR) is 62.6 cm³/mol. The van der Waals surface area contributed by atoms with E-state index in [0.717, 1.165) is 5.92 Å². The maximum Gasteiger partial charge on any atom is 0.0125 e. The van der Waals surface area contributed by atoms with Gasteiger partial charge in [0, 0.05) is 12.1 Å². The Labute approximate surface area is 89.1 Å². The van der Waals surface area contributed by atoms with E-state index in [0.29, 0.717) is 5.54 Å². The van der Waals surface area contributed by atoms with Gasteiger partial charge in [0.05, 0.1) is 0 Å². The van der Waals surface area contributed by atoms with Gasteiger partial charge in [-0.2, -0.15) is 0 Å². The van der Waals surface area contributed by atoms with E-state index in [9.17, 15) is 0 Å². The third-order valence-electron chi connectivity index (χ3n) is 3.27. The normalized spacial score (nSPS) is 25.3. The van der Waals surface area contributed by atoms with Crippen LogP contribution in [0.4, 0.5) is 0 Å². The molecule has 2 nitrogen and oxygen atoms in total. The van der Waals surface area contributed by atoms with Crippen LogP contribution in [0.3, 0.4) is 0 Å². The highest BCUT2D eigenvalue weighted by Gasteiger charge is 2.27. The van der Waals surface area contributed by atoms with Crippen molar-refractivity contribution >= 4 is 0 Å². The number of piperidine rings is 1. The molecule has 1 heterocycles. The van der Waals surface area contributed by atoms with Crippen molar-refractivity contribution in [2.45, 2.75) is 45.6 Å². The van der Waals surface area contributed by atoms with Crippen molar-refractivity contribution in [1.82, 2.24) is 10.2 Å². The lowest BCUT2D eigenvalue weighted by molar-refractivity contribution is 0.0765. The van der Waals surface area contributed by atoms with Gasteiger partial charge in [0.25, 0.3) is 0 Å². The molecule has 0 aromatic heterocycles. The Hall–Kier alpha value is -0.0800. The molecule has 1 unspecified atom stereocenters. The Balaban J connectivity index is 2.36. The van der Waals surface area contributed by atoms with Crippen molar-refractivity contribution in [2.24, 2.45) is 5.92 Å². The van der Waals surface area contributed by atoms with Gasteiger partial charge in [0.2, 0.25) is 0 Å². The standard InChI is InChI=1S/C12H26N2/c1-12(2,3)14-9-5-6-11(10-14)7-8-13-4/h11,13H,5-10H2,1-4H3. The van der Waals surface area contributed by atoms with E-state index in [2.05, 4.69) is 31.0 Å². The summed E-state index contributed by atoms with van der Waals surface area (Å²) in [6.07, 6.45) is 4.14. The molecule has 1 fully saturated rings. The average molecular weight is 198 g/mol. The Morgan fingerprint density at radius 1 is 1.36 bits per heavy atom. The monoisotopic (exact) mass is 198 g/mol. The summed E-state index contributed by atoms with van der Waals surface area (Å²) in [7, 11) is 2.05. The van der Waals surface area contributed by atoms with E-state index in [1.54, 1.807) is 0 Å². The van der Waals surface area contributed by atoms with Crippen molar-refractivity contribution in [1.29, 1.82) is 0 Å². The van der Waals surface area contributed by atoms with Gasteiger partial charge in [-0.15, -0.1) is 0 Å². The van der Waals surface area contributed by atoms with Crippen molar-refractivity contribution in [3.05, 3.63) is 0 Å². The van der Waals surface area contributed by atoms with Gasteiger partial charge < -0.3 is 5.32 Å². The molecule has 84 valence electrons. The van der Waals surface area contributed by atoms with Crippen LogP contribution in [0.5, 0.6) is 0 Å². The molecular formula is C12H26N2. The average Bonchev–Trinajstić information content (AvgIpc) is 2.14. The second kappa shape index (κ2) is 5.13. The van der Waals surface area contributed by atoms with Crippen molar-refractivity contribution in [3.8, 4) is 0 Å². The van der Waals surface area contributed by atoms with Crippen LogP contribution in [0.1, 0.15) is 40.0 Å². The lowest BCUT2D eigenvalue weighted by Crippen LogP contribution is -2.47.